The maximum absolute atomic E-state index is 13.2. The highest BCUT2D eigenvalue weighted by Gasteiger charge is 2.14. The van der Waals surface area contributed by atoms with E-state index in [1.807, 2.05) is 12.1 Å². The molecule has 0 saturated heterocycles. The molecule has 0 spiro atoms. The topological polar surface area (TPSA) is 90.3 Å². The van der Waals surface area contributed by atoms with Crippen LogP contribution in [0.2, 0.25) is 0 Å². The Hall–Kier alpha value is -3.18. The number of imidazole rings is 1. The van der Waals surface area contributed by atoms with Gasteiger partial charge < -0.3 is 4.98 Å². The highest BCUT2D eigenvalue weighted by atomic mass is 19.1. The second-order valence-electron chi connectivity index (χ2n) is 5.21. The van der Waals surface area contributed by atoms with Gasteiger partial charge in [0.15, 0.2) is 0 Å². The van der Waals surface area contributed by atoms with Crippen molar-refractivity contribution in [2.75, 3.05) is 6.54 Å². The molecule has 1 N–H and O–H groups in total. The van der Waals surface area contributed by atoms with Crippen molar-refractivity contribution in [1.82, 2.24) is 15.0 Å². The zero-order valence-corrected chi connectivity index (χ0v) is 12.9. The fourth-order valence-corrected chi connectivity index (χ4v) is 2.45. The summed E-state index contributed by atoms with van der Waals surface area (Å²) in [6.07, 6.45) is 4.80. The number of azide groups is 1. The van der Waals surface area contributed by atoms with Gasteiger partial charge in [-0.05, 0) is 48.4 Å². The molecule has 24 heavy (non-hydrogen) atoms. The molecule has 0 aliphatic rings. The zero-order chi connectivity index (χ0) is 16.8. The van der Waals surface area contributed by atoms with E-state index in [-0.39, 0.29) is 5.82 Å². The van der Waals surface area contributed by atoms with Crippen molar-refractivity contribution in [1.29, 1.82) is 0 Å². The van der Waals surface area contributed by atoms with E-state index in [1.54, 1.807) is 24.5 Å². The number of nitrogens with one attached hydrogen (secondary N) is 1. The van der Waals surface area contributed by atoms with Gasteiger partial charge in [-0.3, -0.25) is 4.98 Å². The third-order valence-electron chi connectivity index (χ3n) is 3.57. The number of aromatic nitrogens is 3. The van der Waals surface area contributed by atoms with E-state index < -0.39 is 0 Å². The van der Waals surface area contributed by atoms with Gasteiger partial charge in [-0.15, -0.1) is 0 Å². The Balaban J connectivity index is 1.97. The van der Waals surface area contributed by atoms with Gasteiger partial charge in [0.25, 0.3) is 0 Å². The molecule has 7 heteroatoms. The lowest BCUT2D eigenvalue weighted by Gasteiger charge is -2.02. The molecule has 3 rings (SSSR count). The van der Waals surface area contributed by atoms with Gasteiger partial charge in [0.2, 0.25) is 0 Å². The van der Waals surface area contributed by atoms with E-state index in [0.29, 0.717) is 19.4 Å². The monoisotopic (exact) mass is 322 g/mol. The van der Waals surface area contributed by atoms with Gasteiger partial charge in [-0.25, -0.2) is 9.37 Å². The Kier molecular flexibility index (Phi) is 4.84. The van der Waals surface area contributed by atoms with Crippen molar-refractivity contribution in [2.24, 2.45) is 5.11 Å². The van der Waals surface area contributed by atoms with Gasteiger partial charge in [0.05, 0.1) is 11.4 Å². The van der Waals surface area contributed by atoms with Crippen LogP contribution in [0, 0.1) is 5.82 Å². The van der Waals surface area contributed by atoms with Gasteiger partial charge in [0, 0.05) is 41.4 Å². The molecule has 1 aromatic carbocycles. The first kappa shape index (κ1) is 15.7. The van der Waals surface area contributed by atoms with E-state index in [4.69, 9.17) is 5.53 Å². The Morgan fingerprint density at radius 1 is 1.08 bits per heavy atom. The molecular weight excluding hydrogens is 307 g/mol. The van der Waals surface area contributed by atoms with Crippen molar-refractivity contribution in [3.8, 4) is 22.5 Å². The fraction of sp³-hybridized carbons (Fsp3) is 0.176. The molecule has 0 atom stereocenters. The summed E-state index contributed by atoms with van der Waals surface area (Å²) in [5.74, 6) is 0.517. The summed E-state index contributed by atoms with van der Waals surface area (Å²) in [5, 5.41) is 3.53. The van der Waals surface area contributed by atoms with E-state index >= 15 is 0 Å². The third-order valence-corrected chi connectivity index (χ3v) is 3.57. The van der Waals surface area contributed by atoms with Crippen molar-refractivity contribution >= 4 is 0 Å². The third kappa shape index (κ3) is 3.59. The Morgan fingerprint density at radius 2 is 1.83 bits per heavy atom. The van der Waals surface area contributed by atoms with Gasteiger partial charge in [-0.1, -0.05) is 5.11 Å². The summed E-state index contributed by atoms with van der Waals surface area (Å²) in [6.45, 7) is 0.424. The van der Waals surface area contributed by atoms with Crippen LogP contribution >= 0.6 is 0 Å². The molecule has 0 aliphatic carbocycles. The molecule has 0 amide bonds. The summed E-state index contributed by atoms with van der Waals surface area (Å²) < 4.78 is 13.2. The van der Waals surface area contributed by atoms with Gasteiger partial charge in [-0.2, -0.15) is 0 Å². The number of halogens is 1. The highest BCUT2D eigenvalue weighted by Crippen LogP contribution is 2.30. The minimum atomic E-state index is -0.283. The number of hydrogen-bond acceptors (Lipinski definition) is 3. The summed E-state index contributed by atoms with van der Waals surface area (Å²) in [5.41, 5.74) is 11.7. The largest absolute Gasteiger partial charge is 0.341 e. The number of H-pyrrole nitrogens is 1. The van der Waals surface area contributed by atoms with E-state index in [0.717, 1.165) is 28.3 Å². The molecule has 2 aromatic heterocycles. The molecule has 2 heterocycles. The molecule has 0 fully saturated rings. The minimum absolute atomic E-state index is 0.283. The zero-order valence-electron chi connectivity index (χ0n) is 12.9. The van der Waals surface area contributed by atoms with Crippen molar-refractivity contribution in [3.05, 3.63) is 70.9 Å². The van der Waals surface area contributed by atoms with Crippen molar-refractivity contribution in [3.63, 3.8) is 0 Å². The van der Waals surface area contributed by atoms with E-state index in [1.165, 1.54) is 12.1 Å². The number of benzene rings is 1. The molecule has 3 aromatic rings. The Morgan fingerprint density at radius 3 is 2.54 bits per heavy atom. The average Bonchev–Trinajstić information content (AvgIpc) is 3.04. The first-order chi connectivity index (χ1) is 11.8. The molecule has 0 saturated carbocycles. The van der Waals surface area contributed by atoms with Gasteiger partial charge >= 0.3 is 0 Å². The normalized spacial score (nSPS) is 10.4. The van der Waals surface area contributed by atoms with Crippen LogP contribution in [0.25, 0.3) is 33.0 Å². The quantitative estimate of drug-likeness (QED) is 0.313. The molecule has 0 bridgehead atoms. The number of aromatic amines is 1. The first-order valence-electron chi connectivity index (χ1n) is 7.54. The number of nitrogens with zero attached hydrogens (tertiary/aromatic N) is 5. The minimum Gasteiger partial charge on any atom is -0.341 e. The van der Waals surface area contributed by atoms with E-state index in [9.17, 15) is 4.39 Å². The molecule has 0 aliphatic heterocycles. The first-order valence-corrected chi connectivity index (χ1v) is 7.54. The lowest BCUT2D eigenvalue weighted by molar-refractivity contribution is 0.628. The van der Waals surface area contributed by atoms with Crippen LogP contribution in [0.15, 0.2) is 53.9 Å². The SMILES string of the molecule is [N-]=[N+]=NCCCc1nc(-c2ccc(F)cc2)c(-c2ccncc2)[nH]1. The summed E-state index contributed by atoms with van der Waals surface area (Å²) in [6, 6.07) is 10.0. The summed E-state index contributed by atoms with van der Waals surface area (Å²) in [7, 11) is 0. The lowest BCUT2D eigenvalue weighted by atomic mass is 10.1. The van der Waals surface area contributed by atoms with Crippen LogP contribution in [0.3, 0.4) is 0 Å². The van der Waals surface area contributed by atoms with Crippen LogP contribution in [0.1, 0.15) is 12.2 Å². The second kappa shape index (κ2) is 7.39. The van der Waals surface area contributed by atoms with Crippen LogP contribution in [0.4, 0.5) is 4.39 Å². The lowest BCUT2D eigenvalue weighted by Crippen LogP contribution is -1.90. The van der Waals surface area contributed by atoms with Crippen molar-refractivity contribution in [2.45, 2.75) is 12.8 Å². The number of pyridine rings is 1. The molecule has 0 unspecified atom stereocenters. The molecule has 0 radical (unpaired) electrons. The fourth-order valence-electron chi connectivity index (χ4n) is 2.45. The van der Waals surface area contributed by atoms with Gasteiger partial charge in [0.1, 0.15) is 11.6 Å². The van der Waals surface area contributed by atoms with Crippen LogP contribution in [-0.4, -0.2) is 21.5 Å². The Bertz CT molecular complexity index is 851. The average molecular weight is 322 g/mol. The summed E-state index contributed by atoms with van der Waals surface area (Å²) in [4.78, 5) is 14.7. The smallest absolute Gasteiger partial charge is 0.123 e. The standard InChI is InChI=1S/C17H15FN6/c18-14-5-3-12(4-6-14)16-17(13-7-10-20-11-8-13)23-15(22-16)2-1-9-21-24-19/h3-8,10-11H,1-2,9H2,(H,22,23). The van der Waals surface area contributed by atoms with Crippen LogP contribution < -0.4 is 0 Å². The molecule has 120 valence electrons. The second-order valence-corrected chi connectivity index (χ2v) is 5.21. The van der Waals surface area contributed by atoms with Crippen molar-refractivity contribution < 1.29 is 4.39 Å². The molecular formula is C17H15FN6. The highest BCUT2D eigenvalue weighted by molar-refractivity contribution is 5.78. The number of hydrogen-bond donors (Lipinski definition) is 1. The number of aryl methyl sites for hydroxylation is 1. The predicted molar refractivity (Wildman–Crippen MR) is 89.5 cm³/mol. The predicted octanol–water partition coefficient (Wildman–Crippen LogP) is 4.52. The Labute approximate surface area is 138 Å². The number of rotatable bonds is 6. The van der Waals surface area contributed by atoms with E-state index in [2.05, 4.69) is 25.0 Å². The maximum Gasteiger partial charge on any atom is 0.123 e. The van der Waals surface area contributed by atoms with Crippen LogP contribution in [-0.2, 0) is 6.42 Å². The summed E-state index contributed by atoms with van der Waals surface area (Å²) >= 11 is 0. The van der Waals surface area contributed by atoms with Crippen LogP contribution in [0.5, 0.6) is 0 Å². The molecule has 6 nitrogen and oxygen atoms in total. The maximum atomic E-state index is 13.2.